The summed E-state index contributed by atoms with van der Waals surface area (Å²) in [6, 6.07) is 0. The van der Waals surface area contributed by atoms with E-state index in [2.05, 4.69) is 10.1 Å². The Morgan fingerprint density at radius 3 is 2.87 bits per heavy atom. The first kappa shape index (κ1) is 10.3. The summed E-state index contributed by atoms with van der Waals surface area (Å²) in [5.41, 5.74) is 0. The fourth-order valence-corrected chi connectivity index (χ4v) is 1.54. The number of ketones is 1. The van der Waals surface area contributed by atoms with Crippen LogP contribution < -0.4 is 0 Å². The summed E-state index contributed by atoms with van der Waals surface area (Å²) >= 11 is 0. The number of hydrogen-bond acceptors (Lipinski definition) is 4. The van der Waals surface area contributed by atoms with Gasteiger partial charge in [0.2, 0.25) is 5.89 Å². The Balaban J connectivity index is 1.89. The van der Waals surface area contributed by atoms with E-state index in [-0.39, 0.29) is 12.2 Å². The molecule has 0 amide bonds. The number of Topliss-reactive ketones (excluding diaryl/α,β-unsaturated/α-hetero) is 1. The molecule has 1 fully saturated rings. The minimum Gasteiger partial charge on any atom is -0.339 e. The zero-order chi connectivity index (χ0) is 10.8. The highest BCUT2D eigenvalue weighted by atomic mass is 16.5. The van der Waals surface area contributed by atoms with Crippen LogP contribution in [0.5, 0.6) is 0 Å². The maximum Gasteiger partial charge on any atom is 0.234 e. The zero-order valence-corrected chi connectivity index (χ0v) is 9.19. The van der Waals surface area contributed by atoms with Gasteiger partial charge in [-0.2, -0.15) is 4.98 Å². The predicted molar refractivity (Wildman–Crippen MR) is 54.4 cm³/mol. The molecule has 0 aliphatic heterocycles. The Bertz CT molecular complexity index is 353. The molecule has 0 spiro atoms. The molecule has 0 aromatic carbocycles. The Morgan fingerprint density at radius 2 is 2.27 bits per heavy atom. The van der Waals surface area contributed by atoms with Gasteiger partial charge in [-0.3, -0.25) is 4.79 Å². The molecule has 0 unspecified atom stereocenters. The van der Waals surface area contributed by atoms with Crippen molar-refractivity contribution in [3.05, 3.63) is 11.7 Å². The van der Waals surface area contributed by atoms with Gasteiger partial charge in [0.15, 0.2) is 5.82 Å². The van der Waals surface area contributed by atoms with Crippen molar-refractivity contribution in [2.45, 2.75) is 45.4 Å². The van der Waals surface area contributed by atoms with Crippen LogP contribution in [0.2, 0.25) is 0 Å². The topological polar surface area (TPSA) is 56.0 Å². The van der Waals surface area contributed by atoms with Gasteiger partial charge in [0, 0.05) is 12.3 Å². The number of aromatic nitrogens is 2. The summed E-state index contributed by atoms with van der Waals surface area (Å²) in [7, 11) is 0. The van der Waals surface area contributed by atoms with E-state index in [4.69, 9.17) is 4.52 Å². The van der Waals surface area contributed by atoms with Crippen molar-refractivity contribution in [3.63, 3.8) is 0 Å². The highest BCUT2D eigenvalue weighted by Gasteiger charge is 2.28. The van der Waals surface area contributed by atoms with Crippen LogP contribution >= 0.6 is 0 Å². The van der Waals surface area contributed by atoms with E-state index in [1.54, 1.807) is 0 Å². The number of carbonyl (C=O) groups excluding carboxylic acids is 1. The second-order valence-electron chi connectivity index (χ2n) is 4.63. The van der Waals surface area contributed by atoms with E-state index in [0.29, 0.717) is 24.1 Å². The largest absolute Gasteiger partial charge is 0.339 e. The third kappa shape index (κ3) is 2.88. The molecule has 0 bridgehead atoms. The molecule has 15 heavy (non-hydrogen) atoms. The molecule has 4 heteroatoms. The van der Waals surface area contributed by atoms with Crippen LogP contribution in [0.1, 0.15) is 50.7 Å². The summed E-state index contributed by atoms with van der Waals surface area (Å²) in [5.74, 6) is 2.31. The van der Waals surface area contributed by atoms with Gasteiger partial charge >= 0.3 is 0 Å². The highest BCUT2D eigenvalue weighted by Crippen LogP contribution is 2.38. The lowest BCUT2D eigenvalue weighted by Crippen LogP contribution is -2.06. The Labute approximate surface area is 89.1 Å². The summed E-state index contributed by atoms with van der Waals surface area (Å²) in [6.45, 7) is 4.06. The van der Waals surface area contributed by atoms with E-state index >= 15 is 0 Å². The molecule has 1 aliphatic rings. The SMILES string of the molecule is CC(C)CC(=O)Cc1nc(C2CC2)no1. The quantitative estimate of drug-likeness (QED) is 0.743. The maximum absolute atomic E-state index is 11.5. The molecular weight excluding hydrogens is 192 g/mol. The molecule has 0 atom stereocenters. The van der Waals surface area contributed by atoms with Crippen molar-refractivity contribution in [1.82, 2.24) is 10.1 Å². The number of hydrogen-bond donors (Lipinski definition) is 0. The Hall–Kier alpha value is -1.19. The van der Waals surface area contributed by atoms with Crippen LogP contribution in [-0.4, -0.2) is 15.9 Å². The van der Waals surface area contributed by atoms with Gasteiger partial charge in [0.1, 0.15) is 5.78 Å². The van der Waals surface area contributed by atoms with Gasteiger partial charge in [-0.1, -0.05) is 19.0 Å². The van der Waals surface area contributed by atoms with Crippen LogP contribution in [0.25, 0.3) is 0 Å². The molecule has 4 nitrogen and oxygen atoms in total. The van der Waals surface area contributed by atoms with Gasteiger partial charge < -0.3 is 4.52 Å². The third-order valence-electron chi connectivity index (χ3n) is 2.41. The van der Waals surface area contributed by atoms with Crippen LogP contribution in [0.4, 0.5) is 0 Å². The van der Waals surface area contributed by atoms with Gasteiger partial charge in [-0.05, 0) is 18.8 Å². The van der Waals surface area contributed by atoms with E-state index in [1.807, 2.05) is 13.8 Å². The highest BCUT2D eigenvalue weighted by molar-refractivity contribution is 5.80. The van der Waals surface area contributed by atoms with Crippen LogP contribution in [-0.2, 0) is 11.2 Å². The second-order valence-corrected chi connectivity index (χ2v) is 4.63. The summed E-state index contributed by atoms with van der Waals surface area (Å²) in [5, 5.41) is 3.87. The third-order valence-corrected chi connectivity index (χ3v) is 2.41. The lowest BCUT2D eigenvalue weighted by Gasteiger charge is -1.99. The van der Waals surface area contributed by atoms with Crippen molar-refractivity contribution >= 4 is 5.78 Å². The van der Waals surface area contributed by atoms with Crippen molar-refractivity contribution in [2.24, 2.45) is 5.92 Å². The average molecular weight is 208 g/mol. The minimum absolute atomic E-state index is 0.177. The Kier molecular flexibility index (Phi) is 2.84. The van der Waals surface area contributed by atoms with Crippen molar-refractivity contribution in [2.75, 3.05) is 0 Å². The van der Waals surface area contributed by atoms with Crippen molar-refractivity contribution in [1.29, 1.82) is 0 Å². The lowest BCUT2D eigenvalue weighted by atomic mass is 10.1. The maximum atomic E-state index is 11.5. The number of carbonyl (C=O) groups is 1. The van der Waals surface area contributed by atoms with E-state index in [9.17, 15) is 4.79 Å². The molecule has 1 aliphatic carbocycles. The molecule has 82 valence electrons. The first-order valence-corrected chi connectivity index (χ1v) is 5.49. The molecule has 2 rings (SSSR count). The summed E-state index contributed by atoms with van der Waals surface area (Å²) in [6.07, 6.45) is 3.18. The summed E-state index contributed by atoms with van der Waals surface area (Å²) < 4.78 is 5.04. The molecule has 1 heterocycles. The van der Waals surface area contributed by atoms with Crippen LogP contribution in [0.15, 0.2) is 4.52 Å². The lowest BCUT2D eigenvalue weighted by molar-refractivity contribution is -0.119. The zero-order valence-electron chi connectivity index (χ0n) is 9.19. The molecule has 1 aromatic rings. The predicted octanol–water partition coefficient (Wildman–Crippen LogP) is 2.10. The fraction of sp³-hybridized carbons (Fsp3) is 0.727. The van der Waals surface area contributed by atoms with Gasteiger partial charge in [0.25, 0.3) is 0 Å². The average Bonchev–Trinajstić information content (AvgIpc) is 2.87. The first-order valence-electron chi connectivity index (χ1n) is 5.49. The second kappa shape index (κ2) is 4.13. The minimum atomic E-state index is 0.177. The standard InChI is InChI=1S/C11H16N2O2/c1-7(2)5-9(14)6-10-12-11(13-15-10)8-3-4-8/h7-8H,3-6H2,1-2H3. The molecule has 0 saturated heterocycles. The van der Waals surface area contributed by atoms with E-state index in [0.717, 1.165) is 18.7 Å². The van der Waals surface area contributed by atoms with Crippen LogP contribution in [0, 0.1) is 5.92 Å². The molecular formula is C11H16N2O2. The molecule has 1 aromatic heterocycles. The monoisotopic (exact) mass is 208 g/mol. The van der Waals surface area contributed by atoms with Crippen LogP contribution in [0.3, 0.4) is 0 Å². The number of nitrogens with zero attached hydrogens (tertiary/aromatic N) is 2. The summed E-state index contributed by atoms with van der Waals surface area (Å²) in [4.78, 5) is 15.7. The van der Waals surface area contributed by atoms with Crippen molar-refractivity contribution < 1.29 is 9.32 Å². The first-order chi connectivity index (χ1) is 7.15. The van der Waals surface area contributed by atoms with Gasteiger partial charge in [-0.25, -0.2) is 0 Å². The molecule has 1 saturated carbocycles. The number of rotatable bonds is 5. The van der Waals surface area contributed by atoms with E-state index in [1.165, 1.54) is 0 Å². The smallest absolute Gasteiger partial charge is 0.234 e. The fourth-order valence-electron chi connectivity index (χ4n) is 1.54. The van der Waals surface area contributed by atoms with Gasteiger partial charge in [0.05, 0.1) is 6.42 Å². The van der Waals surface area contributed by atoms with Gasteiger partial charge in [-0.15, -0.1) is 0 Å². The Morgan fingerprint density at radius 1 is 1.53 bits per heavy atom. The van der Waals surface area contributed by atoms with E-state index < -0.39 is 0 Å². The molecule has 0 radical (unpaired) electrons. The van der Waals surface area contributed by atoms with Crippen molar-refractivity contribution in [3.8, 4) is 0 Å². The normalized spacial score (nSPS) is 15.9. The molecule has 0 N–H and O–H groups in total.